The van der Waals surface area contributed by atoms with Crippen LogP contribution in [-0.4, -0.2) is 15.8 Å². The molecule has 114 valence electrons. The number of benzene rings is 3. The lowest BCUT2D eigenvalue weighted by molar-refractivity contribution is 0.103. The average molecular weight is 310 g/mol. The molecule has 0 atom stereocenters. The second-order valence-corrected chi connectivity index (χ2v) is 5.47. The average Bonchev–Trinajstić information content (AvgIpc) is 2.68. The van der Waals surface area contributed by atoms with Crippen LogP contribution in [0.2, 0.25) is 0 Å². The third-order valence-corrected chi connectivity index (χ3v) is 3.89. The summed E-state index contributed by atoms with van der Waals surface area (Å²) in [5, 5.41) is 0.769. The molecule has 0 radical (unpaired) electrons. The van der Waals surface area contributed by atoms with Gasteiger partial charge in [0, 0.05) is 16.5 Å². The first kappa shape index (κ1) is 14.3. The van der Waals surface area contributed by atoms with E-state index in [1.807, 2.05) is 72.8 Å². The number of ketones is 1. The Labute approximate surface area is 139 Å². The number of hydrogen-bond acceptors (Lipinski definition) is 3. The second-order valence-electron chi connectivity index (χ2n) is 5.47. The second kappa shape index (κ2) is 6.05. The Balaban J connectivity index is 1.95. The van der Waals surface area contributed by atoms with Crippen molar-refractivity contribution in [3.05, 3.63) is 96.2 Å². The van der Waals surface area contributed by atoms with Crippen molar-refractivity contribution in [3.63, 3.8) is 0 Å². The smallest absolute Gasteiger partial charge is 0.212 e. The van der Waals surface area contributed by atoms with Gasteiger partial charge in [0.05, 0.1) is 5.52 Å². The van der Waals surface area contributed by atoms with E-state index in [-0.39, 0.29) is 5.78 Å². The fourth-order valence-corrected chi connectivity index (χ4v) is 2.69. The van der Waals surface area contributed by atoms with E-state index in [9.17, 15) is 4.79 Å². The molecule has 0 N–H and O–H groups in total. The molecule has 0 saturated heterocycles. The van der Waals surface area contributed by atoms with Crippen LogP contribution in [0.25, 0.3) is 22.3 Å². The van der Waals surface area contributed by atoms with E-state index >= 15 is 0 Å². The number of nitrogens with zero attached hydrogens (tertiary/aromatic N) is 2. The molecule has 3 aromatic carbocycles. The van der Waals surface area contributed by atoms with Gasteiger partial charge in [-0.2, -0.15) is 0 Å². The molecular formula is C21H14N2O. The van der Waals surface area contributed by atoms with E-state index in [2.05, 4.69) is 9.97 Å². The summed E-state index contributed by atoms with van der Waals surface area (Å²) in [5.41, 5.74) is 2.72. The summed E-state index contributed by atoms with van der Waals surface area (Å²) in [6.07, 6.45) is 0. The summed E-state index contributed by atoms with van der Waals surface area (Å²) in [6, 6.07) is 26.5. The molecule has 1 heterocycles. The Kier molecular flexibility index (Phi) is 3.60. The monoisotopic (exact) mass is 310 g/mol. The summed E-state index contributed by atoms with van der Waals surface area (Å²) in [6.45, 7) is 0. The third-order valence-electron chi connectivity index (χ3n) is 3.89. The topological polar surface area (TPSA) is 42.9 Å². The minimum atomic E-state index is -0.0913. The molecule has 0 saturated carbocycles. The number of carbonyl (C=O) groups excluding carboxylic acids is 1. The fourth-order valence-electron chi connectivity index (χ4n) is 2.69. The molecule has 0 amide bonds. The minimum absolute atomic E-state index is 0.0913. The van der Waals surface area contributed by atoms with E-state index in [1.54, 1.807) is 12.1 Å². The van der Waals surface area contributed by atoms with Crippen molar-refractivity contribution in [2.45, 2.75) is 0 Å². The molecule has 0 spiro atoms. The molecule has 4 aromatic rings. The first-order valence-corrected chi connectivity index (χ1v) is 7.75. The number of aromatic nitrogens is 2. The predicted molar refractivity (Wildman–Crippen MR) is 94.8 cm³/mol. The van der Waals surface area contributed by atoms with Crippen molar-refractivity contribution in [2.24, 2.45) is 0 Å². The van der Waals surface area contributed by atoms with Crippen molar-refractivity contribution < 1.29 is 4.79 Å². The van der Waals surface area contributed by atoms with Crippen LogP contribution in [-0.2, 0) is 0 Å². The molecule has 0 unspecified atom stereocenters. The van der Waals surface area contributed by atoms with Crippen LogP contribution in [0, 0.1) is 0 Å². The summed E-state index contributed by atoms with van der Waals surface area (Å²) >= 11 is 0. The molecule has 3 heteroatoms. The van der Waals surface area contributed by atoms with Gasteiger partial charge < -0.3 is 0 Å². The van der Waals surface area contributed by atoms with Crippen molar-refractivity contribution >= 4 is 16.7 Å². The van der Waals surface area contributed by atoms with Crippen molar-refractivity contribution in [2.75, 3.05) is 0 Å². The summed E-state index contributed by atoms with van der Waals surface area (Å²) in [5.74, 6) is 0.472. The zero-order valence-corrected chi connectivity index (χ0v) is 12.9. The van der Waals surface area contributed by atoms with Gasteiger partial charge in [-0.1, -0.05) is 78.9 Å². The van der Waals surface area contributed by atoms with Gasteiger partial charge in [-0.3, -0.25) is 4.79 Å². The SMILES string of the molecule is O=C(c1ccccc1)c1nc(-c2ccccc2)nc2ccccc12. The summed E-state index contributed by atoms with van der Waals surface area (Å²) < 4.78 is 0. The summed E-state index contributed by atoms with van der Waals surface area (Å²) in [4.78, 5) is 22.2. The van der Waals surface area contributed by atoms with Gasteiger partial charge >= 0.3 is 0 Å². The van der Waals surface area contributed by atoms with Crippen LogP contribution < -0.4 is 0 Å². The maximum atomic E-state index is 13.0. The Hall–Kier alpha value is -3.33. The maximum absolute atomic E-state index is 13.0. The highest BCUT2D eigenvalue weighted by atomic mass is 16.1. The Bertz CT molecular complexity index is 1010. The largest absolute Gasteiger partial charge is 0.287 e. The van der Waals surface area contributed by atoms with Crippen LogP contribution >= 0.6 is 0 Å². The van der Waals surface area contributed by atoms with Crippen molar-refractivity contribution in [1.29, 1.82) is 0 Å². The van der Waals surface area contributed by atoms with Gasteiger partial charge in [-0.25, -0.2) is 9.97 Å². The van der Waals surface area contributed by atoms with E-state index < -0.39 is 0 Å². The minimum Gasteiger partial charge on any atom is -0.287 e. The van der Waals surface area contributed by atoms with E-state index in [0.29, 0.717) is 17.1 Å². The highest BCUT2D eigenvalue weighted by Crippen LogP contribution is 2.23. The molecule has 24 heavy (non-hydrogen) atoms. The first-order chi connectivity index (χ1) is 11.8. The van der Waals surface area contributed by atoms with Crippen LogP contribution in [0.15, 0.2) is 84.9 Å². The fraction of sp³-hybridized carbons (Fsp3) is 0. The number of para-hydroxylation sites is 1. The van der Waals surface area contributed by atoms with Gasteiger partial charge in [0.2, 0.25) is 5.78 Å². The molecule has 0 bridgehead atoms. The van der Waals surface area contributed by atoms with Gasteiger partial charge in [0.15, 0.2) is 5.82 Å². The Morgan fingerprint density at radius 2 is 1.29 bits per heavy atom. The van der Waals surface area contributed by atoms with Gasteiger partial charge in [-0.05, 0) is 6.07 Å². The van der Waals surface area contributed by atoms with Crippen molar-refractivity contribution in [1.82, 2.24) is 9.97 Å². The van der Waals surface area contributed by atoms with Crippen LogP contribution in [0.4, 0.5) is 0 Å². The van der Waals surface area contributed by atoms with Gasteiger partial charge in [0.25, 0.3) is 0 Å². The molecular weight excluding hydrogens is 296 g/mol. The normalized spacial score (nSPS) is 10.7. The van der Waals surface area contributed by atoms with Gasteiger partial charge in [-0.15, -0.1) is 0 Å². The zero-order valence-electron chi connectivity index (χ0n) is 12.9. The van der Waals surface area contributed by atoms with Crippen LogP contribution in [0.3, 0.4) is 0 Å². The first-order valence-electron chi connectivity index (χ1n) is 7.75. The molecule has 1 aromatic heterocycles. The summed E-state index contributed by atoms with van der Waals surface area (Å²) in [7, 11) is 0. The molecule has 3 nitrogen and oxygen atoms in total. The van der Waals surface area contributed by atoms with Gasteiger partial charge in [0.1, 0.15) is 5.69 Å². The number of carbonyl (C=O) groups is 1. The molecule has 0 aliphatic carbocycles. The van der Waals surface area contributed by atoms with Crippen molar-refractivity contribution in [3.8, 4) is 11.4 Å². The third kappa shape index (κ3) is 2.57. The number of fused-ring (bicyclic) bond motifs is 1. The highest BCUT2D eigenvalue weighted by Gasteiger charge is 2.17. The molecule has 0 aliphatic rings. The van der Waals surface area contributed by atoms with Crippen LogP contribution in [0.1, 0.15) is 16.1 Å². The van der Waals surface area contributed by atoms with E-state index in [4.69, 9.17) is 0 Å². The standard InChI is InChI=1S/C21H14N2O/c24-20(15-9-3-1-4-10-15)19-17-13-7-8-14-18(17)22-21(23-19)16-11-5-2-6-12-16/h1-14H. The lowest BCUT2D eigenvalue weighted by atomic mass is 10.0. The van der Waals surface area contributed by atoms with E-state index in [1.165, 1.54) is 0 Å². The van der Waals surface area contributed by atoms with E-state index in [0.717, 1.165) is 16.5 Å². The Morgan fingerprint density at radius 1 is 0.667 bits per heavy atom. The molecule has 0 aliphatic heterocycles. The highest BCUT2D eigenvalue weighted by molar-refractivity contribution is 6.14. The Morgan fingerprint density at radius 3 is 2.04 bits per heavy atom. The maximum Gasteiger partial charge on any atom is 0.212 e. The molecule has 0 fully saturated rings. The lowest BCUT2D eigenvalue weighted by Gasteiger charge is -2.08. The zero-order chi connectivity index (χ0) is 16.4. The number of rotatable bonds is 3. The van der Waals surface area contributed by atoms with Crippen LogP contribution in [0.5, 0.6) is 0 Å². The quantitative estimate of drug-likeness (QED) is 0.522. The number of hydrogen-bond donors (Lipinski definition) is 0. The predicted octanol–water partition coefficient (Wildman–Crippen LogP) is 4.53. The molecule has 4 rings (SSSR count). The lowest BCUT2D eigenvalue weighted by Crippen LogP contribution is -2.07.